The molecule has 1 fully saturated rings. The second kappa shape index (κ2) is 12.6. The number of methoxy groups -OCH3 is 1. The number of aliphatic carboxylic acids is 1. The summed E-state index contributed by atoms with van der Waals surface area (Å²) in [5, 5.41) is 12.1. The van der Waals surface area contributed by atoms with Crippen LogP contribution in [0.15, 0.2) is 42.5 Å². The van der Waals surface area contributed by atoms with Gasteiger partial charge in [0.2, 0.25) is 0 Å². The van der Waals surface area contributed by atoms with Crippen LogP contribution in [0.4, 0.5) is 13.6 Å². The fraction of sp³-hybridized carbons (Fsp3) is 0.517. The quantitative estimate of drug-likeness (QED) is 0.314. The maximum Gasteiger partial charge on any atom is 0.329 e. The Morgan fingerprint density at radius 3 is 2.42 bits per heavy atom. The SMILES string of the molecule is CCOc1cc(C(C)N(CCCCc2ccccc2)C(=O)NC2(C(=O)O)CC(F)(F)C2)cc(COC)c1C. The molecule has 0 bridgehead atoms. The molecule has 2 aromatic carbocycles. The van der Waals surface area contributed by atoms with Crippen LogP contribution in [-0.2, 0) is 22.6 Å². The molecule has 0 aliphatic heterocycles. The molecule has 38 heavy (non-hydrogen) atoms. The van der Waals surface area contributed by atoms with Crippen LogP contribution < -0.4 is 10.1 Å². The number of carboxylic acids is 1. The van der Waals surface area contributed by atoms with Gasteiger partial charge in [0.25, 0.3) is 5.92 Å². The van der Waals surface area contributed by atoms with Gasteiger partial charge in [-0.2, -0.15) is 0 Å². The lowest BCUT2D eigenvalue weighted by atomic mass is 9.73. The van der Waals surface area contributed by atoms with Gasteiger partial charge in [-0.15, -0.1) is 0 Å². The second-order valence-electron chi connectivity index (χ2n) is 10.0. The molecule has 1 aliphatic rings. The minimum atomic E-state index is -3.11. The van der Waals surface area contributed by atoms with E-state index < -0.39 is 42.3 Å². The van der Waals surface area contributed by atoms with E-state index in [0.717, 1.165) is 29.5 Å². The maximum atomic E-state index is 13.7. The van der Waals surface area contributed by atoms with Gasteiger partial charge in [-0.25, -0.2) is 18.4 Å². The number of urea groups is 1. The summed E-state index contributed by atoms with van der Waals surface area (Å²) in [6, 6.07) is 12.6. The summed E-state index contributed by atoms with van der Waals surface area (Å²) in [6.45, 7) is 6.81. The van der Waals surface area contributed by atoms with Crippen molar-refractivity contribution in [3.8, 4) is 5.75 Å². The van der Waals surface area contributed by atoms with E-state index in [4.69, 9.17) is 9.47 Å². The van der Waals surface area contributed by atoms with E-state index in [1.54, 1.807) is 7.11 Å². The van der Waals surface area contributed by atoms with Gasteiger partial charge in [0, 0.05) is 26.5 Å². The number of amides is 2. The van der Waals surface area contributed by atoms with Gasteiger partial charge < -0.3 is 24.8 Å². The number of nitrogens with one attached hydrogen (secondary N) is 1. The van der Waals surface area contributed by atoms with Gasteiger partial charge in [-0.1, -0.05) is 36.4 Å². The predicted octanol–water partition coefficient (Wildman–Crippen LogP) is 5.89. The van der Waals surface area contributed by atoms with Gasteiger partial charge in [0.1, 0.15) is 5.75 Å². The van der Waals surface area contributed by atoms with E-state index in [9.17, 15) is 23.5 Å². The topological polar surface area (TPSA) is 88.1 Å². The number of hydrogen-bond donors (Lipinski definition) is 2. The molecule has 3 rings (SSSR count). The highest BCUT2D eigenvalue weighted by Gasteiger charge is 2.62. The van der Waals surface area contributed by atoms with Gasteiger partial charge in [-0.05, 0) is 68.4 Å². The first-order chi connectivity index (χ1) is 18.0. The molecule has 0 aromatic heterocycles. The Morgan fingerprint density at radius 2 is 1.84 bits per heavy atom. The highest BCUT2D eigenvalue weighted by atomic mass is 19.3. The molecule has 0 saturated heterocycles. The summed E-state index contributed by atoms with van der Waals surface area (Å²) in [5.41, 5.74) is 1.83. The first kappa shape index (κ1) is 29.4. The van der Waals surface area contributed by atoms with Crippen LogP contribution in [0.25, 0.3) is 0 Å². The first-order valence-corrected chi connectivity index (χ1v) is 13.0. The standard InChI is InChI=1S/C29H38F2N2O5/c1-5-38-25-16-23(15-24(17-37-4)20(25)2)21(3)33(14-10-9-13-22-11-7-6-8-12-22)27(36)32-28(26(34)35)18-29(30,31)19-28/h6-8,11-12,15-16,21H,5,9-10,13-14,17-19H2,1-4H3,(H,32,36)(H,34,35). The van der Waals surface area contributed by atoms with E-state index in [1.165, 1.54) is 10.5 Å². The van der Waals surface area contributed by atoms with Crippen LogP contribution in [0.1, 0.15) is 67.8 Å². The molecule has 2 N–H and O–H groups in total. The first-order valence-electron chi connectivity index (χ1n) is 13.0. The largest absolute Gasteiger partial charge is 0.494 e. The molecule has 1 atom stereocenters. The Balaban J connectivity index is 1.85. The normalized spacial score (nSPS) is 16.3. The van der Waals surface area contributed by atoms with Crippen molar-refractivity contribution in [1.29, 1.82) is 0 Å². The van der Waals surface area contributed by atoms with Gasteiger partial charge in [0.15, 0.2) is 5.54 Å². The number of alkyl halides is 2. The second-order valence-corrected chi connectivity index (χ2v) is 10.0. The van der Waals surface area contributed by atoms with Crippen LogP contribution in [0.2, 0.25) is 0 Å². The van der Waals surface area contributed by atoms with E-state index in [2.05, 4.69) is 5.32 Å². The van der Waals surface area contributed by atoms with Gasteiger partial charge in [-0.3, -0.25) is 0 Å². The highest BCUT2D eigenvalue weighted by molar-refractivity contribution is 5.88. The zero-order chi connectivity index (χ0) is 27.9. The summed E-state index contributed by atoms with van der Waals surface area (Å²) < 4.78 is 38.6. The lowest BCUT2D eigenvalue weighted by Gasteiger charge is -2.45. The minimum Gasteiger partial charge on any atom is -0.494 e. The van der Waals surface area contributed by atoms with Gasteiger partial charge >= 0.3 is 12.0 Å². The number of carboxylic acid groups (broad SMARTS) is 1. The lowest BCUT2D eigenvalue weighted by molar-refractivity contribution is -0.175. The molecule has 9 heteroatoms. The van der Waals surface area contributed by atoms with E-state index in [1.807, 2.05) is 63.2 Å². The number of carbonyl (C=O) groups excluding carboxylic acids is 1. The monoisotopic (exact) mass is 532 g/mol. The summed E-state index contributed by atoms with van der Waals surface area (Å²) in [6.07, 6.45) is 0.434. The van der Waals surface area contributed by atoms with Crippen molar-refractivity contribution in [2.75, 3.05) is 20.3 Å². The van der Waals surface area contributed by atoms with E-state index in [0.29, 0.717) is 31.9 Å². The molecular weight excluding hydrogens is 494 g/mol. The molecule has 1 aliphatic carbocycles. The highest BCUT2D eigenvalue weighted by Crippen LogP contribution is 2.46. The van der Waals surface area contributed by atoms with Crippen LogP contribution in [-0.4, -0.2) is 53.7 Å². The van der Waals surface area contributed by atoms with Crippen LogP contribution in [0.5, 0.6) is 5.75 Å². The third-order valence-corrected chi connectivity index (χ3v) is 7.13. The Kier molecular flexibility index (Phi) is 9.71. The van der Waals surface area contributed by atoms with Gasteiger partial charge in [0.05, 0.1) is 19.3 Å². The number of unbranched alkanes of at least 4 members (excludes halogenated alkanes) is 1. The zero-order valence-electron chi connectivity index (χ0n) is 22.6. The fourth-order valence-electron chi connectivity index (χ4n) is 4.93. The van der Waals surface area contributed by atoms with Crippen LogP contribution in [0.3, 0.4) is 0 Å². The summed E-state index contributed by atoms with van der Waals surface area (Å²) in [4.78, 5) is 26.9. The Hall–Kier alpha value is -3.20. The predicted molar refractivity (Wildman–Crippen MR) is 141 cm³/mol. The molecule has 208 valence electrons. The molecule has 1 unspecified atom stereocenters. The third kappa shape index (κ3) is 7.01. The lowest BCUT2D eigenvalue weighted by Crippen LogP contribution is -2.68. The van der Waals surface area contributed by atoms with Crippen molar-refractivity contribution < 1.29 is 33.0 Å². The summed E-state index contributed by atoms with van der Waals surface area (Å²) >= 11 is 0. The number of aryl methyl sites for hydroxylation is 1. The zero-order valence-corrected chi connectivity index (χ0v) is 22.6. The van der Waals surface area contributed by atoms with Crippen molar-refractivity contribution in [3.63, 3.8) is 0 Å². The van der Waals surface area contributed by atoms with Crippen molar-refractivity contribution >= 4 is 12.0 Å². The maximum absolute atomic E-state index is 13.7. The number of rotatable bonds is 13. The van der Waals surface area contributed by atoms with Crippen LogP contribution in [0, 0.1) is 6.92 Å². The molecular formula is C29H38F2N2O5. The molecule has 2 aromatic rings. The Labute approximate surface area is 223 Å². The average Bonchev–Trinajstić information content (AvgIpc) is 2.85. The van der Waals surface area contributed by atoms with Crippen molar-refractivity contribution in [3.05, 3.63) is 64.7 Å². The smallest absolute Gasteiger partial charge is 0.329 e. The van der Waals surface area contributed by atoms with Crippen LogP contribution >= 0.6 is 0 Å². The van der Waals surface area contributed by atoms with Crippen molar-refractivity contribution in [1.82, 2.24) is 10.2 Å². The molecule has 0 heterocycles. The Morgan fingerprint density at radius 1 is 1.16 bits per heavy atom. The summed E-state index contributed by atoms with van der Waals surface area (Å²) in [5.74, 6) is -3.89. The molecule has 7 nitrogen and oxygen atoms in total. The number of carbonyl (C=O) groups is 2. The molecule has 0 spiro atoms. The molecule has 0 radical (unpaired) electrons. The van der Waals surface area contributed by atoms with Crippen molar-refractivity contribution in [2.45, 2.75) is 77.0 Å². The number of ether oxygens (including phenoxy) is 2. The molecule has 1 saturated carbocycles. The number of nitrogens with zero attached hydrogens (tertiary/aromatic N) is 1. The Bertz CT molecular complexity index is 1070. The number of benzene rings is 2. The van der Waals surface area contributed by atoms with E-state index >= 15 is 0 Å². The fourth-order valence-corrected chi connectivity index (χ4v) is 4.93. The summed E-state index contributed by atoms with van der Waals surface area (Å²) in [7, 11) is 1.60. The van der Waals surface area contributed by atoms with Crippen molar-refractivity contribution in [2.24, 2.45) is 0 Å². The third-order valence-electron chi connectivity index (χ3n) is 7.13. The van der Waals surface area contributed by atoms with E-state index in [-0.39, 0.29) is 0 Å². The number of halogens is 2. The molecule has 2 amide bonds. The average molecular weight is 533 g/mol. The number of hydrogen-bond acceptors (Lipinski definition) is 4. The minimum absolute atomic E-state index is 0.323.